The Labute approximate surface area is 196 Å². The maximum Gasteiger partial charge on any atom is 0.251 e. The molecule has 0 saturated carbocycles. The first-order valence-electron chi connectivity index (χ1n) is 11.7. The first-order chi connectivity index (χ1) is 16.6. The summed E-state index contributed by atoms with van der Waals surface area (Å²) in [5.74, 6) is 1.09. The van der Waals surface area contributed by atoms with Crippen LogP contribution in [0, 0.1) is 11.7 Å². The molecule has 0 radical (unpaired) electrons. The van der Waals surface area contributed by atoms with Crippen LogP contribution in [0.15, 0.2) is 47.4 Å². The molecular formula is C25H29FN4O4. The van der Waals surface area contributed by atoms with Gasteiger partial charge in [0.2, 0.25) is 0 Å². The molecule has 2 N–H and O–H groups in total. The van der Waals surface area contributed by atoms with Crippen LogP contribution in [0.25, 0.3) is 10.9 Å². The lowest BCUT2D eigenvalue weighted by Crippen LogP contribution is -2.48. The fourth-order valence-corrected chi connectivity index (χ4v) is 4.70. The highest BCUT2D eigenvalue weighted by Gasteiger charge is 2.27. The molecule has 0 bridgehead atoms. The van der Waals surface area contributed by atoms with Gasteiger partial charge in [0.1, 0.15) is 19.0 Å². The summed E-state index contributed by atoms with van der Waals surface area (Å²) in [6.45, 7) is 4.89. The fraction of sp³-hybridized carbons (Fsp3) is 0.440. The first kappa shape index (κ1) is 22.8. The van der Waals surface area contributed by atoms with Crippen molar-refractivity contribution >= 4 is 10.9 Å². The van der Waals surface area contributed by atoms with Crippen molar-refractivity contribution in [2.45, 2.75) is 25.6 Å². The summed E-state index contributed by atoms with van der Waals surface area (Å²) in [6, 6.07) is 9.64. The number of fused-ring (bicyclic) bond motifs is 2. The van der Waals surface area contributed by atoms with Gasteiger partial charge in [0.25, 0.3) is 5.56 Å². The van der Waals surface area contributed by atoms with Crippen LogP contribution in [0.2, 0.25) is 0 Å². The second kappa shape index (κ2) is 10.1. The van der Waals surface area contributed by atoms with Crippen molar-refractivity contribution in [3.63, 3.8) is 0 Å². The summed E-state index contributed by atoms with van der Waals surface area (Å²) in [7, 11) is 0. The number of piperidine rings is 1. The van der Waals surface area contributed by atoms with E-state index in [1.165, 1.54) is 18.2 Å². The van der Waals surface area contributed by atoms with Crippen molar-refractivity contribution in [2.75, 3.05) is 39.4 Å². The number of hydrogen-bond acceptors (Lipinski definition) is 7. The first-order valence-corrected chi connectivity index (χ1v) is 11.7. The monoisotopic (exact) mass is 468 g/mol. The van der Waals surface area contributed by atoms with E-state index in [0.29, 0.717) is 62.8 Å². The van der Waals surface area contributed by atoms with Gasteiger partial charge in [-0.3, -0.25) is 9.78 Å². The fourth-order valence-electron chi connectivity index (χ4n) is 4.70. The molecule has 34 heavy (non-hydrogen) atoms. The molecular weight excluding hydrogens is 439 g/mol. The van der Waals surface area contributed by atoms with E-state index in [4.69, 9.17) is 9.47 Å². The van der Waals surface area contributed by atoms with Gasteiger partial charge in [-0.1, -0.05) is 0 Å². The lowest BCUT2D eigenvalue weighted by Gasteiger charge is -2.36. The van der Waals surface area contributed by atoms with Gasteiger partial charge >= 0.3 is 0 Å². The molecule has 1 aromatic carbocycles. The second-order valence-electron chi connectivity index (χ2n) is 8.89. The number of likely N-dealkylation sites (tertiary alicyclic amines) is 1. The average Bonchev–Trinajstić information content (AvgIpc) is 2.85. The van der Waals surface area contributed by atoms with Crippen molar-refractivity contribution in [3.8, 4) is 11.5 Å². The number of pyridine rings is 2. The Morgan fingerprint density at radius 2 is 1.94 bits per heavy atom. The van der Waals surface area contributed by atoms with E-state index in [2.05, 4.69) is 15.2 Å². The second-order valence-corrected chi connectivity index (χ2v) is 8.89. The van der Waals surface area contributed by atoms with E-state index in [1.807, 2.05) is 6.07 Å². The molecule has 2 atom stereocenters. The number of nitrogens with one attached hydrogen (secondary N) is 1. The summed E-state index contributed by atoms with van der Waals surface area (Å²) in [6.07, 6.45) is 1.98. The van der Waals surface area contributed by atoms with Gasteiger partial charge < -0.3 is 29.4 Å². The number of aliphatic hydroxyl groups is 1. The van der Waals surface area contributed by atoms with Crippen molar-refractivity contribution in [2.24, 2.45) is 5.92 Å². The van der Waals surface area contributed by atoms with Crippen molar-refractivity contribution in [3.05, 3.63) is 64.5 Å². The molecule has 3 aromatic rings. The van der Waals surface area contributed by atoms with E-state index in [9.17, 15) is 14.3 Å². The van der Waals surface area contributed by atoms with Crippen molar-refractivity contribution < 1.29 is 19.0 Å². The van der Waals surface area contributed by atoms with E-state index in [-0.39, 0.29) is 23.4 Å². The molecule has 1 saturated heterocycles. The summed E-state index contributed by atoms with van der Waals surface area (Å²) in [4.78, 5) is 19.1. The number of hydrogen-bond donors (Lipinski definition) is 2. The highest BCUT2D eigenvalue weighted by molar-refractivity contribution is 5.78. The zero-order valence-electron chi connectivity index (χ0n) is 19.0. The molecule has 180 valence electrons. The Balaban J connectivity index is 1.17. The molecule has 9 heteroatoms. The summed E-state index contributed by atoms with van der Waals surface area (Å²) in [5, 5.41) is 14.8. The quantitative estimate of drug-likeness (QED) is 0.547. The highest BCUT2D eigenvalue weighted by Crippen LogP contribution is 2.29. The third-order valence-corrected chi connectivity index (χ3v) is 6.57. The molecule has 2 aliphatic heterocycles. The minimum absolute atomic E-state index is 0.0626. The van der Waals surface area contributed by atoms with Crippen LogP contribution in [-0.4, -0.2) is 65.1 Å². The molecule has 0 aliphatic carbocycles. The number of halogens is 1. The lowest BCUT2D eigenvalue weighted by atomic mass is 9.94. The van der Waals surface area contributed by atoms with Crippen LogP contribution in [0.1, 0.15) is 12.1 Å². The van der Waals surface area contributed by atoms with E-state index >= 15 is 0 Å². The average molecular weight is 469 g/mol. The third kappa shape index (κ3) is 5.06. The minimum Gasteiger partial charge on any atom is -0.486 e. The van der Waals surface area contributed by atoms with Gasteiger partial charge in [-0.25, -0.2) is 4.39 Å². The predicted octanol–water partition coefficient (Wildman–Crippen LogP) is 1.78. The molecule has 0 amide bonds. The Morgan fingerprint density at radius 1 is 1.12 bits per heavy atom. The largest absolute Gasteiger partial charge is 0.486 e. The number of ether oxygens (including phenoxy) is 2. The van der Waals surface area contributed by atoms with Crippen LogP contribution in [0.5, 0.6) is 11.5 Å². The van der Waals surface area contributed by atoms with E-state index < -0.39 is 0 Å². The number of aromatic nitrogens is 2. The molecule has 8 nitrogen and oxygen atoms in total. The SMILES string of the molecule is O=c1ccc2ccc(F)cc2n1CCN1CC[C@H](O)[C@@H](CNCc2cc3c(cn2)OCCO3)C1. The Kier molecular flexibility index (Phi) is 6.75. The smallest absolute Gasteiger partial charge is 0.251 e. The molecule has 5 rings (SSSR count). The summed E-state index contributed by atoms with van der Waals surface area (Å²) < 4.78 is 26.5. The molecule has 2 aliphatic rings. The zero-order valence-corrected chi connectivity index (χ0v) is 19.0. The Hall–Kier alpha value is -3.01. The zero-order chi connectivity index (χ0) is 23.5. The van der Waals surface area contributed by atoms with Crippen LogP contribution in [-0.2, 0) is 13.1 Å². The Bertz CT molecular complexity index is 1220. The number of rotatable bonds is 7. The minimum atomic E-state index is -0.383. The van der Waals surface area contributed by atoms with Gasteiger partial charge in [0.15, 0.2) is 11.5 Å². The molecule has 2 aromatic heterocycles. The van der Waals surface area contributed by atoms with Gasteiger partial charge in [0, 0.05) is 57.3 Å². The predicted molar refractivity (Wildman–Crippen MR) is 126 cm³/mol. The molecule has 0 spiro atoms. The maximum absolute atomic E-state index is 13.8. The highest BCUT2D eigenvalue weighted by atomic mass is 19.1. The van der Waals surface area contributed by atoms with Crippen molar-refractivity contribution in [1.82, 2.24) is 19.8 Å². The molecule has 4 heterocycles. The van der Waals surface area contributed by atoms with Gasteiger partial charge in [-0.15, -0.1) is 0 Å². The summed E-state index contributed by atoms with van der Waals surface area (Å²) >= 11 is 0. The van der Waals surface area contributed by atoms with Gasteiger partial charge in [-0.2, -0.15) is 0 Å². The van der Waals surface area contributed by atoms with Crippen LogP contribution >= 0.6 is 0 Å². The molecule has 0 unspecified atom stereocenters. The number of nitrogens with zero attached hydrogens (tertiary/aromatic N) is 3. The molecule has 1 fully saturated rings. The normalized spacial score (nSPS) is 20.5. The Morgan fingerprint density at radius 3 is 2.82 bits per heavy atom. The van der Waals surface area contributed by atoms with Gasteiger partial charge in [0.05, 0.1) is 23.5 Å². The topological polar surface area (TPSA) is 88.9 Å². The van der Waals surface area contributed by atoms with Crippen LogP contribution < -0.4 is 20.3 Å². The standard InChI is InChI=1S/C25H29FN4O4/c26-19-3-1-17-2-4-25(32)30(21(17)11-19)8-7-29-6-5-22(31)18(16-29)13-27-14-20-12-23-24(15-28-20)34-10-9-33-23/h1-4,11-12,15,18,22,27,31H,5-10,13-14,16H2/t18-,22-/m0/s1. The number of aliphatic hydroxyl groups excluding tert-OH is 1. The summed E-state index contributed by atoms with van der Waals surface area (Å²) in [5.41, 5.74) is 1.32. The van der Waals surface area contributed by atoms with E-state index in [0.717, 1.165) is 24.2 Å². The number of benzene rings is 1. The van der Waals surface area contributed by atoms with E-state index in [1.54, 1.807) is 22.9 Å². The third-order valence-electron chi connectivity index (χ3n) is 6.57. The van der Waals surface area contributed by atoms with Crippen LogP contribution in [0.3, 0.4) is 0 Å². The maximum atomic E-state index is 13.8. The van der Waals surface area contributed by atoms with Crippen molar-refractivity contribution in [1.29, 1.82) is 0 Å². The van der Waals surface area contributed by atoms with Crippen LogP contribution in [0.4, 0.5) is 4.39 Å². The lowest BCUT2D eigenvalue weighted by molar-refractivity contribution is 0.0257. The van der Waals surface area contributed by atoms with Gasteiger partial charge in [-0.05, 0) is 36.1 Å².